The average Bonchev–Trinajstić information content (AvgIpc) is 2.52. The van der Waals surface area contributed by atoms with Gasteiger partial charge in [-0.05, 0) is 50.5 Å². The van der Waals surface area contributed by atoms with E-state index in [1.54, 1.807) is 0 Å². The topological polar surface area (TPSA) is 9.23 Å². The van der Waals surface area contributed by atoms with Crippen molar-refractivity contribution in [1.82, 2.24) is 0 Å². The van der Waals surface area contributed by atoms with Gasteiger partial charge in [0.1, 0.15) is 11.5 Å². The Hall–Kier alpha value is -1.03. The van der Waals surface area contributed by atoms with Crippen LogP contribution in [-0.4, -0.2) is 0 Å². The monoisotopic (exact) mass is 424 g/mol. The summed E-state index contributed by atoms with van der Waals surface area (Å²) < 4.78 is 6.89. The Morgan fingerprint density at radius 1 is 0.952 bits per heavy atom. The van der Waals surface area contributed by atoms with E-state index in [-0.39, 0.29) is 0 Å². The molecule has 0 bridgehead atoms. The molecule has 0 unspecified atom stereocenters. The fraction of sp³-hybridized carbons (Fsp3) is 0.0588. The van der Waals surface area contributed by atoms with Gasteiger partial charge in [0.15, 0.2) is 0 Å². The van der Waals surface area contributed by atoms with Crippen LogP contribution in [0.5, 0.6) is 11.5 Å². The second-order valence-electron chi connectivity index (χ2n) is 4.60. The summed E-state index contributed by atoms with van der Waals surface area (Å²) in [5.74, 6) is 1.40. The average molecular weight is 427 g/mol. The highest BCUT2D eigenvalue weighted by Crippen LogP contribution is 2.38. The second kappa shape index (κ2) is 6.39. The Morgan fingerprint density at radius 2 is 1.71 bits per heavy atom. The summed E-state index contributed by atoms with van der Waals surface area (Å²) in [6.07, 6.45) is 0. The van der Waals surface area contributed by atoms with Crippen molar-refractivity contribution in [3.05, 3.63) is 69.7 Å². The third kappa shape index (κ3) is 3.10. The molecule has 1 nitrogen and oxygen atoms in total. The maximum absolute atomic E-state index is 6.27. The van der Waals surface area contributed by atoms with E-state index in [1.165, 1.54) is 0 Å². The quantitative estimate of drug-likeness (QED) is 0.412. The minimum absolute atomic E-state index is 0.604. The van der Waals surface area contributed by atoms with E-state index in [9.17, 15) is 0 Å². The molecule has 3 aromatic rings. The lowest BCUT2D eigenvalue weighted by Gasteiger charge is -2.12. The lowest BCUT2D eigenvalue weighted by Crippen LogP contribution is -1.89. The van der Waals surface area contributed by atoms with E-state index >= 15 is 0 Å². The van der Waals surface area contributed by atoms with Crippen molar-refractivity contribution in [2.45, 2.75) is 5.33 Å². The molecule has 106 valence electrons. The highest BCUT2D eigenvalue weighted by Gasteiger charge is 2.09. The first-order valence-corrected chi connectivity index (χ1v) is 8.68. The summed E-state index contributed by atoms with van der Waals surface area (Å²) in [6, 6.07) is 17.9. The smallest absolute Gasteiger partial charge is 0.146 e. The van der Waals surface area contributed by atoms with Gasteiger partial charge in [-0.25, -0.2) is 0 Å². The molecular weight excluding hydrogens is 415 g/mol. The SMILES string of the molecule is Clc1cc(CBr)ccc1Oc1ccc2ccccc2c1Br. The molecule has 0 aliphatic carbocycles. The Kier molecular flexibility index (Phi) is 4.53. The highest BCUT2D eigenvalue weighted by molar-refractivity contribution is 9.10. The molecule has 0 N–H and O–H groups in total. The van der Waals surface area contributed by atoms with Gasteiger partial charge in [0, 0.05) is 5.33 Å². The van der Waals surface area contributed by atoms with Gasteiger partial charge in [0.2, 0.25) is 0 Å². The number of ether oxygens (including phenoxy) is 1. The summed E-state index contributed by atoms with van der Waals surface area (Å²) in [5, 5.41) is 3.65. The van der Waals surface area contributed by atoms with Gasteiger partial charge in [-0.15, -0.1) is 0 Å². The summed E-state index contributed by atoms with van der Waals surface area (Å²) in [6.45, 7) is 0. The maximum atomic E-state index is 6.27. The number of hydrogen-bond donors (Lipinski definition) is 0. The minimum Gasteiger partial charge on any atom is -0.455 e. The van der Waals surface area contributed by atoms with Crippen LogP contribution in [0.25, 0.3) is 10.8 Å². The van der Waals surface area contributed by atoms with E-state index in [1.807, 2.05) is 42.5 Å². The number of alkyl halides is 1. The van der Waals surface area contributed by atoms with Crippen LogP contribution < -0.4 is 4.74 Å². The van der Waals surface area contributed by atoms with Gasteiger partial charge in [0.05, 0.1) is 9.50 Å². The molecule has 0 aliphatic heterocycles. The van der Waals surface area contributed by atoms with Crippen LogP contribution in [0.3, 0.4) is 0 Å². The summed E-state index contributed by atoms with van der Waals surface area (Å²) in [4.78, 5) is 0. The van der Waals surface area contributed by atoms with Crippen molar-refractivity contribution >= 4 is 54.2 Å². The molecule has 0 spiro atoms. The zero-order chi connectivity index (χ0) is 14.8. The van der Waals surface area contributed by atoms with E-state index in [0.29, 0.717) is 10.8 Å². The molecule has 0 heterocycles. The molecule has 0 amide bonds. The zero-order valence-corrected chi connectivity index (χ0v) is 14.9. The maximum Gasteiger partial charge on any atom is 0.146 e. The van der Waals surface area contributed by atoms with Crippen LogP contribution >= 0.6 is 43.5 Å². The first kappa shape index (κ1) is 14.9. The molecular formula is C17H11Br2ClO. The molecule has 0 aromatic heterocycles. The van der Waals surface area contributed by atoms with Crippen LogP contribution in [0.2, 0.25) is 5.02 Å². The van der Waals surface area contributed by atoms with Crippen molar-refractivity contribution < 1.29 is 4.74 Å². The van der Waals surface area contributed by atoms with Crippen LogP contribution in [0.15, 0.2) is 59.1 Å². The van der Waals surface area contributed by atoms with E-state index < -0.39 is 0 Å². The lowest BCUT2D eigenvalue weighted by atomic mass is 10.1. The van der Waals surface area contributed by atoms with Crippen molar-refractivity contribution in [3.8, 4) is 11.5 Å². The molecule has 0 saturated carbocycles. The van der Waals surface area contributed by atoms with Crippen LogP contribution in [0, 0.1) is 0 Å². The van der Waals surface area contributed by atoms with Gasteiger partial charge < -0.3 is 4.74 Å². The summed E-state index contributed by atoms with van der Waals surface area (Å²) in [7, 11) is 0. The Bertz CT molecular complexity index is 802. The van der Waals surface area contributed by atoms with Crippen molar-refractivity contribution in [2.24, 2.45) is 0 Å². The van der Waals surface area contributed by atoms with E-state index in [2.05, 4.69) is 44.0 Å². The minimum atomic E-state index is 0.604. The third-order valence-electron chi connectivity index (χ3n) is 3.20. The Labute approximate surface area is 145 Å². The van der Waals surface area contributed by atoms with Gasteiger partial charge in [-0.1, -0.05) is 63.9 Å². The second-order valence-corrected chi connectivity index (χ2v) is 6.36. The normalized spacial score (nSPS) is 10.8. The predicted molar refractivity (Wildman–Crippen MR) is 95.8 cm³/mol. The molecule has 0 radical (unpaired) electrons. The van der Waals surface area contributed by atoms with Crippen molar-refractivity contribution in [1.29, 1.82) is 0 Å². The number of benzene rings is 3. The molecule has 3 rings (SSSR count). The van der Waals surface area contributed by atoms with Gasteiger partial charge >= 0.3 is 0 Å². The fourth-order valence-corrected chi connectivity index (χ4v) is 3.29. The van der Waals surface area contributed by atoms with Crippen molar-refractivity contribution in [2.75, 3.05) is 0 Å². The van der Waals surface area contributed by atoms with Crippen LogP contribution in [0.4, 0.5) is 0 Å². The van der Waals surface area contributed by atoms with E-state index in [0.717, 1.165) is 31.9 Å². The molecule has 0 saturated heterocycles. The standard InChI is InChI=1S/C17H11Br2ClO/c18-10-11-5-7-15(14(20)9-11)21-16-8-6-12-3-1-2-4-13(12)17(16)19/h1-9H,10H2. The lowest BCUT2D eigenvalue weighted by molar-refractivity contribution is 0.480. The first-order valence-electron chi connectivity index (χ1n) is 6.38. The molecule has 0 atom stereocenters. The molecule has 0 fully saturated rings. The molecule has 4 heteroatoms. The fourth-order valence-electron chi connectivity index (χ4n) is 2.12. The van der Waals surface area contributed by atoms with Crippen LogP contribution in [-0.2, 0) is 5.33 Å². The molecule has 3 aromatic carbocycles. The summed E-state index contributed by atoms with van der Waals surface area (Å²) in [5.41, 5.74) is 1.12. The number of rotatable bonds is 3. The van der Waals surface area contributed by atoms with E-state index in [4.69, 9.17) is 16.3 Å². The highest BCUT2D eigenvalue weighted by atomic mass is 79.9. The zero-order valence-electron chi connectivity index (χ0n) is 10.9. The molecule has 0 aliphatic rings. The summed E-state index contributed by atoms with van der Waals surface area (Å²) >= 11 is 13.3. The number of hydrogen-bond acceptors (Lipinski definition) is 1. The Morgan fingerprint density at radius 3 is 2.48 bits per heavy atom. The third-order valence-corrected chi connectivity index (χ3v) is 4.96. The predicted octanol–water partition coefficient (Wildman–Crippen LogP) is 6.94. The van der Waals surface area contributed by atoms with Gasteiger partial charge in [0.25, 0.3) is 0 Å². The largest absolute Gasteiger partial charge is 0.455 e. The van der Waals surface area contributed by atoms with Crippen LogP contribution in [0.1, 0.15) is 5.56 Å². The number of fused-ring (bicyclic) bond motifs is 1. The van der Waals surface area contributed by atoms with Gasteiger partial charge in [-0.2, -0.15) is 0 Å². The Balaban J connectivity index is 2.00. The first-order chi connectivity index (χ1) is 10.2. The molecule has 21 heavy (non-hydrogen) atoms. The number of halogens is 3. The van der Waals surface area contributed by atoms with Gasteiger partial charge in [-0.3, -0.25) is 0 Å². The van der Waals surface area contributed by atoms with Crippen molar-refractivity contribution in [3.63, 3.8) is 0 Å².